The van der Waals surface area contributed by atoms with E-state index in [1.165, 1.54) is 0 Å². The van der Waals surface area contributed by atoms with Gasteiger partial charge in [-0.05, 0) is 12.0 Å². The summed E-state index contributed by atoms with van der Waals surface area (Å²) in [6.45, 7) is 0.462. The summed E-state index contributed by atoms with van der Waals surface area (Å²) in [6, 6.07) is 8.97. The molecule has 3 N–H and O–H groups in total. The number of nitrogens with one attached hydrogen (secondary N) is 2. The Morgan fingerprint density at radius 1 is 1.39 bits per heavy atom. The number of aliphatic carboxylic acids is 1. The van der Waals surface area contributed by atoms with Crippen LogP contribution in [-0.4, -0.2) is 27.1 Å². The molecule has 94 valence electrons. The van der Waals surface area contributed by atoms with Gasteiger partial charge in [0.15, 0.2) is 0 Å². The molecule has 5 nitrogen and oxygen atoms in total. The molecule has 0 bridgehead atoms. The normalized spacial score (nSPS) is 12.2. The van der Waals surface area contributed by atoms with Crippen LogP contribution in [-0.2, 0) is 17.8 Å². The highest BCUT2D eigenvalue weighted by atomic mass is 16.4. The van der Waals surface area contributed by atoms with Gasteiger partial charge in [0, 0.05) is 18.4 Å². The molecule has 0 fully saturated rings. The third-order valence-electron chi connectivity index (χ3n) is 2.67. The van der Waals surface area contributed by atoms with Crippen molar-refractivity contribution in [1.29, 1.82) is 0 Å². The summed E-state index contributed by atoms with van der Waals surface area (Å²) < 4.78 is 0. The first-order valence-electron chi connectivity index (χ1n) is 5.73. The predicted octanol–water partition coefficient (Wildman–Crippen LogP) is 1.20. The van der Waals surface area contributed by atoms with Crippen molar-refractivity contribution in [3.05, 3.63) is 54.1 Å². The number of carboxylic acids is 1. The maximum absolute atomic E-state index is 11.2. The van der Waals surface area contributed by atoms with Gasteiger partial charge in [-0.1, -0.05) is 30.3 Å². The van der Waals surface area contributed by atoms with E-state index in [1.807, 2.05) is 30.3 Å². The number of imidazole rings is 1. The second-order valence-corrected chi connectivity index (χ2v) is 4.04. The fourth-order valence-electron chi connectivity index (χ4n) is 1.71. The molecule has 1 aromatic carbocycles. The number of benzene rings is 1. The number of hydrogen-bond acceptors (Lipinski definition) is 3. The number of aromatic nitrogens is 2. The lowest BCUT2D eigenvalue weighted by Gasteiger charge is -2.13. The molecule has 0 aliphatic rings. The molecule has 0 amide bonds. The molecular formula is C13H15N3O2. The minimum atomic E-state index is -0.849. The Kier molecular flexibility index (Phi) is 4.09. The van der Waals surface area contributed by atoms with E-state index in [0.717, 1.165) is 11.3 Å². The maximum Gasteiger partial charge on any atom is 0.321 e. The molecule has 2 rings (SSSR count). The number of hydrogen-bond donors (Lipinski definition) is 3. The van der Waals surface area contributed by atoms with Crippen molar-refractivity contribution < 1.29 is 9.90 Å². The summed E-state index contributed by atoms with van der Waals surface area (Å²) in [6.07, 6.45) is 3.71. The standard InChI is InChI=1S/C13H15N3O2/c17-13(18)12(6-10-4-2-1-3-5-10)15-8-11-7-14-9-16-11/h1-5,7,9,12,15H,6,8H2,(H,14,16)(H,17,18)/t12-/m0/s1. The van der Waals surface area contributed by atoms with Crippen LogP contribution in [0.25, 0.3) is 0 Å². The predicted molar refractivity (Wildman–Crippen MR) is 67.0 cm³/mol. The number of H-pyrrole nitrogens is 1. The van der Waals surface area contributed by atoms with Gasteiger partial charge in [-0.3, -0.25) is 10.1 Å². The van der Waals surface area contributed by atoms with Crippen molar-refractivity contribution in [2.45, 2.75) is 19.0 Å². The Morgan fingerprint density at radius 3 is 2.78 bits per heavy atom. The molecule has 0 aliphatic carbocycles. The third kappa shape index (κ3) is 3.43. The zero-order valence-corrected chi connectivity index (χ0v) is 9.84. The van der Waals surface area contributed by atoms with Crippen molar-refractivity contribution in [2.24, 2.45) is 0 Å². The van der Waals surface area contributed by atoms with Crippen LogP contribution in [0.15, 0.2) is 42.9 Å². The fourth-order valence-corrected chi connectivity index (χ4v) is 1.71. The minimum Gasteiger partial charge on any atom is -0.480 e. The van der Waals surface area contributed by atoms with Crippen LogP contribution in [0.2, 0.25) is 0 Å². The summed E-state index contributed by atoms with van der Waals surface area (Å²) >= 11 is 0. The van der Waals surface area contributed by atoms with Gasteiger partial charge in [0.1, 0.15) is 6.04 Å². The lowest BCUT2D eigenvalue weighted by Crippen LogP contribution is -2.38. The van der Waals surface area contributed by atoms with Crippen LogP contribution in [0.3, 0.4) is 0 Å². The van der Waals surface area contributed by atoms with Crippen molar-refractivity contribution in [2.75, 3.05) is 0 Å². The van der Waals surface area contributed by atoms with E-state index in [1.54, 1.807) is 12.5 Å². The smallest absolute Gasteiger partial charge is 0.321 e. The van der Waals surface area contributed by atoms with Crippen LogP contribution in [0.5, 0.6) is 0 Å². The zero-order chi connectivity index (χ0) is 12.8. The third-order valence-corrected chi connectivity index (χ3v) is 2.67. The highest BCUT2D eigenvalue weighted by molar-refractivity contribution is 5.73. The zero-order valence-electron chi connectivity index (χ0n) is 9.84. The molecule has 5 heteroatoms. The number of aromatic amines is 1. The van der Waals surface area contributed by atoms with E-state index >= 15 is 0 Å². The molecule has 0 aliphatic heterocycles. The van der Waals surface area contributed by atoms with Crippen molar-refractivity contribution in [3.63, 3.8) is 0 Å². The molecule has 2 aromatic rings. The largest absolute Gasteiger partial charge is 0.480 e. The van der Waals surface area contributed by atoms with Gasteiger partial charge >= 0.3 is 5.97 Å². The van der Waals surface area contributed by atoms with Gasteiger partial charge in [-0.25, -0.2) is 4.98 Å². The average Bonchev–Trinajstić information content (AvgIpc) is 2.88. The lowest BCUT2D eigenvalue weighted by atomic mass is 10.1. The van der Waals surface area contributed by atoms with Gasteiger partial charge in [0.05, 0.1) is 6.33 Å². The van der Waals surface area contributed by atoms with Gasteiger partial charge in [-0.15, -0.1) is 0 Å². The minimum absolute atomic E-state index is 0.462. The highest BCUT2D eigenvalue weighted by Crippen LogP contribution is 2.04. The molecule has 0 spiro atoms. The number of carboxylic acid groups (broad SMARTS) is 1. The summed E-state index contributed by atoms with van der Waals surface area (Å²) in [7, 11) is 0. The molecule has 1 heterocycles. The van der Waals surface area contributed by atoms with Crippen molar-refractivity contribution in [1.82, 2.24) is 15.3 Å². The van der Waals surface area contributed by atoms with Crippen molar-refractivity contribution in [3.8, 4) is 0 Å². The van der Waals surface area contributed by atoms with Crippen LogP contribution in [0, 0.1) is 0 Å². The van der Waals surface area contributed by atoms with Crippen LogP contribution >= 0.6 is 0 Å². The van der Waals surface area contributed by atoms with Crippen LogP contribution < -0.4 is 5.32 Å². The van der Waals surface area contributed by atoms with E-state index in [-0.39, 0.29) is 0 Å². The Labute approximate surface area is 105 Å². The molecular weight excluding hydrogens is 230 g/mol. The number of rotatable bonds is 6. The van der Waals surface area contributed by atoms with E-state index < -0.39 is 12.0 Å². The molecule has 1 atom stereocenters. The maximum atomic E-state index is 11.2. The lowest BCUT2D eigenvalue weighted by molar-refractivity contribution is -0.139. The van der Waals surface area contributed by atoms with Crippen molar-refractivity contribution >= 4 is 5.97 Å². The number of carbonyl (C=O) groups is 1. The first-order valence-corrected chi connectivity index (χ1v) is 5.73. The molecule has 0 radical (unpaired) electrons. The summed E-state index contributed by atoms with van der Waals surface area (Å²) in [4.78, 5) is 18.0. The molecule has 0 saturated carbocycles. The van der Waals surface area contributed by atoms with E-state index in [0.29, 0.717) is 13.0 Å². The first kappa shape index (κ1) is 12.3. The topological polar surface area (TPSA) is 78.0 Å². The number of nitrogens with zero attached hydrogens (tertiary/aromatic N) is 1. The van der Waals surface area contributed by atoms with Gasteiger partial charge < -0.3 is 10.1 Å². The Bertz CT molecular complexity index is 482. The monoisotopic (exact) mass is 245 g/mol. The van der Waals surface area contributed by atoms with Gasteiger partial charge in [0.25, 0.3) is 0 Å². The highest BCUT2D eigenvalue weighted by Gasteiger charge is 2.17. The summed E-state index contributed by atoms with van der Waals surface area (Å²) in [5.74, 6) is -0.849. The molecule has 0 saturated heterocycles. The second kappa shape index (κ2) is 5.97. The summed E-state index contributed by atoms with van der Waals surface area (Å²) in [5, 5.41) is 12.2. The van der Waals surface area contributed by atoms with Gasteiger partial charge in [0.2, 0.25) is 0 Å². The van der Waals surface area contributed by atoms with Crippen LogP contribution in [0.1, 0.15) is 11.3 Å². The van der Waals surface area contributed by atoms with E-state index in [9.17, 15) is 9.90 Å². The van der Waals surface area contributed by atoms with E-state index in [2.05, 4.69) is 15.3 Å². The Balaban J connectivity index is 1.94. The Morgan fingerprint density at radius 2 is 2.17 bits per heavy atom. The van der Waals surface area contributed by atoms with Crippen LogP contribution in [0.4, 0.5) is 0 Å². The van der Waals surface area contributed by atoms with Gasteiger partial charge in [-0.2, -0.15) is 0 Å². The summed E-state index contributed by atoms with van der Waals surface area (Å²) in [5.41, 5.74) is 1.87. The second-order valence-electron chi connectivity index (χ2n) is 4.04. The quantitative estimate of drug-likeness (QED) is 0.714. The molecule has 0 unspecified atom stereocenters. The Hall–Kier alpha value is -2.14. The molecule has 1 aromatic heterocycles. The average molecular weight is 245 g/mol. The first-order chi connectivity index (χ1) is 8.75. The fraction of sp³-hybridized carbons (Fsp3) is 0.231. The van der Waals surface area contributed by atoms with E-state index in [4.69, 9.17) is 0 Å². The molecule has 18 heavy (non-hydrogen) atoms. The SMILES string of the molecule is O=C(O)[C@H](Cc1ccccc1)NCc1cnc[nH]1.